The molecule has 0 saturated heterocycles. The van der Waals surface area contributed by atoms with Gasteiger partial charge in [-0.1, -0.05) is 12.1 Å². The van der Waals surface area contributed by atoms with Gasteiger partial charge in [-0.2, -0.15) is 0 Å². The van der Waals surface area contributed by atoms with Gasteiger partial charge in [-0.25, -0.2) is 13.2 Å². The van der Waals surface area contributed by atoms with Gasteiger partial charge >= 0.3 is 0 Å². The van der Waals surface area contributed by atoms with Gasteiger partial charge in [-0.05, 0) is 12.1 Å². The van der Waals surface area contributed by atoms with Crippen LogP contribution in [0.5, 0.6) is 0 Å². The first kappa shape index (κ1) is 9.71. The SMILES string of the molecule is O=Cc1cc(F)c2cccc(F)c2c1F. The molecule has 0 fully saturated rings. The van der Waals surface area contributed by atoms with Gasteiger partial charge in [0.05, 0.1) is 10.9 Å². The third kappa shape index (κ3) is 1.38. The highest BCUT2D eigenvalue weighted by molar-refractivity contribution is 5.90. The Morgan fingerprint density at radius 3 is 2.47 bits per heavy atom. The van der Waals surface area contributed by atoms with Gasteiger partial charge in [-0.15, -0.1) is 0 Å². The van der Waals surface area contributed by atoms with Crippen LogP contribution in [0.15, 0.2) is 24.3 Å². The standard InChI is InChI=1S/C11H5F3O/c12-8-3-1-2-7-9(13)4-6(5-15)11(14)10(7)8/h1-5H. The lowest BCUT2D eigenvalue weighted by molar-refractivity contribution is 0.111. The fraction of sp³-hybridized carbons (Fsp3) is 0. The quantitative estimate of drug-likeness (QED) is 0.661. The summed E-state index contributed by atoms with van der Waals surface area (Å²) in [5.41, 5.74) is -0.481. The summed E-state index contributed by atoms with van der Waals surface area (Å²) in [6, 6.07) is 4.30. The number of hydrogen-bond acceptors (Lipinski definition) is 1. The smallest absolute Gasteiger partial charge is 0.153 e. The number of carbonyl (C=O) groups is 1. The number of aldehydes is 1. The molecule has 0 aromatic heterocycles. The van der Waals surface area contributed by atoms with Crippen molar-refractivity contribution in [1.29, 1.82) is 0 Å². The fourth-order valence-corrected chi connectivity index (χ4v) is 1.45. The number of halogens is 3. The molecule has 0 aliphatic heterocycles. The normalized spacial score (nSPS) is 10.6. The highest BCUT2D eigenvalue weighted by Gasteiger charge is 2.14. The van der Waals surface area contributed by atoms with Crippen molar-refractivity contribution in [2.24, 2.45) is 0 Å². The number of carbonyl (C=O) groups excluding carboxylic acids is 1. The molecule has 0 spiro atoms. The predicted octanol–water partition coefficient (Wildman–Crippen LogP) is 3.07. The molecule has 0 radical (unpaired) electrons. The van der Waals surface area contributed by atoms with Crippen molar-refractivity contribution in [2.45, 2.75) is 0 Å². The second-order valence-electron chi connectivity index (χ2n) is 3.04. The highest BCUT2D eigenvalue weighted by atomic mass is 19.1. The van der Waals surface area contributed by atoms with Crippen LogP contribution in [0.2, 0.25) is 0 Å². The van der Waals surface area contributed by atoms with Crippen molar-refractivity contribution in [3.8, 4) is 0 Å². The zero-order valence-electron chi connectivity index (χ0n) is 7.43. The van der Waals surface area contributed by atoms with Crippen LogP contribution in [0.3, 0.4) is 0 Å². The Bertz CT molecular complexity index is 549. The van der Waals surface area contributed by atoms with Crippen molar-refractivity contribution < 1.29 is 18.0 Å². The van der Waals surface area contributed by atoms with E-state index in [4.69, 9.17) is 0 Å². The van der Waals surface area contributed by atoms with Crippen LogP contribution in [0, 0.1) is 17.5 Å². The van der Waals surface area contributed by atoms with Gasteiger partial charge in [0.1, 0.15) is 17.5 Å². The van der Waals surface area contributed by atoms with E-state index in [1.165, 1.54) is 12.1 Å². The molecule has 2 aromatic carbocycles. The van der Waals surface area contributed by atoms with E-state index in [9.17, 15) is 18.0 Å². The van der Waals surface area contributed by atoms with E-state index >= 15 is 0 Å². The second-order valence-corrected chi connectivity index (χ2v) is 3.04. The largest absolute Gasteiger partial charge is 0.298 e. The molecule has 0 saturated carbocycles. The first-order valence-corrected chi connectivity index (χ1v) is 4.16. The highest BCUT2D eigenvalue weighted by Crippen LogP contribution is 2.25. The van der Waals surface area contributed by atoms with Gasteiger partial charge in [0.2, 0.25) is 0 Å². The van der Waals surface area contributed by atoms with E-state index in [0.717, 1.165) is 12.1 Å². The number of benzene rings is 2. The first-order chi connectivity index (χ1) is 7.15. The minimum absolute atomic E-state index is 0.157. The summed E-state index contributed by atoms with van der Waals surface area (Å²) in [5.74, 6) is -2.72. The maximum absolute atomic E-state index is 13.5. The Balaban J connectivity index is 3.01. The van der Waals surface area contributed by atoms with Crippen molar-refractivity contribution in [2.75, 3.05) is 0 Å². The zero-order valence-corrected chi connectivity index (χ0v) is 7.43. The van der Waals surface area contributed by atoms with Crippen LogP contribution in [0.4, 0.5) is 13.2 Å². The Morgan fingerprint density at radius 1 is 1.07 bits per heavy atom. The van der Waals surface area contributed by atoms with Crippen LogP contribution in [0.1, 0.15) is 10.4 Å². The van der Waals surface area contributed by atoms with Gasteiger partial charge < -0.3 is 0 Å². The second kappa shape index (κ2) is 3.38. The molecule has 4 heteroatoms. The van der Waals surface area contributed by atoms with Gasteiger partial charge in [-0.3, -0.25) is 4.79 Å². The minimum Gasteiger partial charge on any atom is -0.298 e. The topological polar surface area (TPSA) is 17.1 Å². The molecule has 0 aliphatic carbocycles. The molecule has 76 valence electrons. The van der Waals surface area contributed by atoms with Crippen LogP contribution in [0.25, 0.3) is 10.8 Å². The lowest BCUT2D eigenvalue weighted by atomic mass is 10.1. The monoisotopic (exact) mass is 210 g/mol. The molecular weight excluding hydrogens is 205 g/mol. The molecule has 0 bridgehead atoms. The molecule has 0 amide bonds. The Labute approximate surface area is 83.1 Å². The van der Waals surface area contributed by atoms with Gasteiger partial charge in [0.25, 0.3) is 0 Å². The molecule has 0 aliphatic rings. The van der Waals surface area contributed by atoms with Crippen LogP contribution in [-0.4, -0.2) is 6.29 Å². The van der Waals surface area contributed by atoms with Crippen LogP contribution < -0.4 is 0 Å². The van der Waals surface area contributed by atoms with Crippen molar-refractivity contribution in [3.63, 3.8) is 0 Å². The fourth-order valence-electron chi connectivity index (χ4n) is 1.45. The molecule has 15 heavy (non-hydrogen) atoms. The summed E-state index contributed by atoms with van der Waals surface area (Å²) in [5, 5.41) is -0.655. The number of rotatable bonds is 1. The molecule has 0 heterocycles. The van der Waals surface area contributed by atoms with Gasteiger partial charge in [0, 0.05) is 5.39 Å². The summed E-state index contributed by atoms with van der Waals surface area (Å²) in [6.07, 6.45) is 0.157. The Kier molecular flexibility index (Phi) is 2.19. The van der Waals surface area contributed by atoms with E-state index < -0.39 is 28.4 Å². The average molecular weight is 210 g/mol. The van der Waals surface area contributed by atoms with Gasteiger partial charge in [0.15, 0.2) is 6.29 Å². The number of fused-ring (bicyclic) bond motifs is 1. The van der Waals surface area contributed by atoms with Crippen molar-refractivity contribution in [1.82, 2.24) is 0 Å². The van der Waals surface area contributed by atoms with E-state index in [2.05, 4.69) is 0 Å². The van der Waals surface area contributed by atoms with E-state index in [0.29, 0.717) is 0 Å². The third-order valence-electron chi connectivity index (χ3n) is 2.15. The molecule has 1 nitrogen and oxygen atoms in total. The third-order valence-corrected chi connectivity index (χ3v) is 2.15. The van der Waals surface area contributed by atoms with Crippen LogP contribution >= 0.6 is 0 Å². The van der Waals surface area contributed by atoms with Crippen molar-refractivity contribution >= 4 is 17.1 Å². The first-order valence-electron chi connectivity index (χ1n) is 4.16. The maximum atomic E-state index is 13.5. The zero-order chi connectivity index (χ0) is 11.0. The Morgan fingerprint density at radius 2 is 1.80 bits per heavy atom. The predicted molar refractivity (Wildman–Crippen MR) is 49.2 cm³/mol. The molecule has 0 atom stereocenters. The molecule has 2 rings (SSSR count). The summed E-state index contributed by atoms with van der Waals surface area (Å²) < 4.78 is 40.0. The molecular formula is C11H5F3O. The summed E-state index contributed by atoms with van der Waals surface area (Å²) in [4.78, 5) is 10.4. The summed E-state index contributed by atoms with van der Waals surface area (Å²) >= 11 is 0. The minimum atomic E-state index is -1.03. The summed E-state index contributed by atoms with van der Waals surface area (Å²) in [6.45, 7) is 0. The van der Waals surface area contributed by atoms with E-state index in [1.807, 2.05) is 0 Å². The average Bonchev–Trinajstić information content (AvgIpc) is 2.23. The molecule has 0 N–H and O–H groups in total. The molecule has 2 aromatic rings. The maximum Gasteiger partial charge on any atom is 0.153 e. The lowest BCUT2D eigenvalue weighted by Gasteiger charge is -2.04. The summed E-state index contributed by atoms with van der Waals surface area (Å²) in [7, 11) is 0. The van der Waals surface area contributed by atoms with Crippen LogP contribution in [-0.2, 0) is 0 Å². The van der Waals surface area contributed by atoms with E-state index in [1.54, 1.807) is 0 Å². The Hall–Kier alpha value is -1.84. The molecule has 0 unspecified atom stereocenters. The van der Waals surface area contributed by atoms with Crippen molar-refractivity contribution in [3.05, 3.63) is 47.3 Å². The number of hydrogen-bond donors (Lipinski definition) is 0. The van der Waals surface area contributed by atoms with E-state index in [-0.39, 0.29) is 11.7 Å². The lowest BCUT2D eigenvalue weighted by Crippen LogP contribution is -1.95.